The molecule has 0 radical (unpaired) electrons. The smallest absolute Gasteiger partial charge is 0.392 e. The lowest BCUT2D eigenvalue weighted by atomic mass is 9.76. The molecular formula is C28H35F3N4O4. The molecule has 0 aromatic carbocycles. The fourth-order valence-electron chi connectivity index (χ4n) is 7.12. The van der Waals surface area contributed by atoms with Crippen molar-refractivity contribution >= 4 is 11.8 Å². The first-order chi connectivity index (χ1) is 18.7. The number of hydrogen-bond acceptors (Lipinski definition) is 8. The number of carbonyl (C=O) groups is 1. The summed E-state index contributed by atoms with van der Waals surface area (Å²) in [7, 11) is 1.31. The van der Waals surface area contributed by atoms with Gasteiger partial charge in [0.1, 0.15) is 11.6 Å². The van der Waals surface area contributed by atoms with Crippen molar-refractivity contribution < 1.29 is 32.0 Å². The van der Waals surface area contributed by atoms with Gasteiger partial charge in [-0.25, -0.2) is 14.8 Å². The van der Waals surface area contributed by atoms with Crippen LogP contribution < -0.4 is 4.90 Å². The maximum atomic E-state index is 13.9. The number of aromatic nitrogens is 3. The van der Waals surface area contributed by atoms with Crippen molar-refractivity contribution in [3.63, 3.8) is 0 Å². The molecule has 0 N–H and O–H groups in total. The molecule has 2 saturated carbocycles. The van der Waals surface area contributed by atoms with Gasteiger partial charge in [-0.05, 0) is 50.9 Å². The third-order valence-corrected chi connectivity index (χ3v) is 9.19. The van der Waals surface area contributed by atoms with Crippen LogP contribution in [0.15, 0.2) is 16.9 Å². The maximum Gasteiger partial charge on any atom is 0.392 e. The van der Waals surface area contributed by atoms with Gasteiger partial charge in [0.05, 0.1) is 43.8 Å². The largest absolute Gasteiger partial charge is 0.464 e. The van der Waals surface area contributed by atoms with Crippen LogP contribution in [0.1, 0.15) is 104 Å². The van der Waals surface area contributed by atoms with E-state index in [1.54, 1.807) is 6.20 Å². The second-order valence-electron chi connectivity index (χ2n) is 11.7. The number of esters is 1. The van der Waals surface area contributed by atoms with Gasteiger partial charge >= 0.3 is 12.1 Å². The molecule has 2 aromatic heterocycles. The molecule has 8 nitrogen and oxygen atoms in total. The Morgan fingerprint density at radius 2 is 1.90 bits per heavy atom. The minimum absolute atomic E-state index is 0.0249. The highest BCUT2D eigenvalue weighted by atomic mass is 19.4. The molecule has 39 heavy (non-hydrogen) atoms. The van der Waals surface area contributed by atoms with Gasteiger partial charge in [0.25, 0.3) is 0 Å². The molecule has 212 valence electrons. The summed E-state index contributed by atoms with van der Waals surface area (Å²) in [6.45, 7) is 2.46. The lowest BCUT2D eigenvalue weighted by molar-refractivity contribution is -0.187. The molecule has 6 rings (SSSR count). The van der Waals surface area contributed by atoms with E-state index >= 15 is 0 Å². The monoisotopic (exact) mass is 548 g/mol. The van der Waals surface area contributed by atoms with Gasteiger partial charge in [-0.15, -0.1) is 0 Å². The number of methoxy groups -OCH3 is 1. The SMILES string of the molecule is COC(=O)c1cnc(N2C3CC(OCc4c(C5CCCCC5C(F)(F)F)noc4C4CC4)CC2C(C)C3)cn1. The fraction of sp³-hybridized carbons (Fsp3) is 0.714. The Morgan fingerprint density at radius 3 is 2.56 bits per heavy atom. The number of hydrogen-bond donors (Lipinski definition) is 0. The number of rotatable bonds is 7. The van der Waals surface area contributed by atoms with Crippen molar-refractivity contribution in [2.75, 3.05) is 12.0 Å². The van der Waals surface area contributed by atoms with Gasteiger partial charge in [-0.2, -0.15) is 13.2 Å². The average molecular weight is 549 g/mol. The van der Waals surface area contributed by atoms with E-state index in [1.807, 2.05) is 0 Å². The molecule has 4 fully saturated rings. The van der Waals surface area contributed by atoms with Crippen LogP contribution in [0.5, 0.6) is 0 Å². The Labute approximate surface area is 225 Å². The molecule has 2 saturated heterocycles. The third-order valence-electron chi connectivity index (χ3n) is 9.19. The third kappa shape index (κ3) is 5.14. The number of nitrogens with zero attached hydrogens (tertiary/aromatic N) is 4. The average Bonchev–Trinajstić information content (AvgIpc) is 3.65. The Hall–Kier alpha value is -2.69. The van der Waals surface area contributed by atoms with E-state index in [0.717, 1.165) is 55.7 Å². The summed E-state index contributed by atoms with van der Waals surface area (Å²) >= 11 is 0. The zero-order valence-electron chi connectivity index (χ0n) is 22.3. The lowest BCUT2D eigenvalue weighted by Crippen LogP contribution is -2.47. The normalized spacial score (nSPS) is 30.9. The number of halogens is 3. The Morgan fingerprint density at radius 1 is 1.10 bits per heavy atom. The highest BCUT2D eigenvalue weighted by Gasteiger charge is 2.49. The van der Waals surface area contributed by atoms with Crippen LogP contribution in [0, 0.1) is 11.8 Å². The van der Waals surface area contributed by atoms with Crippen molar-refractivity contribution in [3.8, 4) is 0 Å². The number of fused-ring (bicyclic) bond motifs is 2. The molecule has 2 aliphatic heterocycles. The fourth-order valence-corrected chi connectivity index (χ4v) is 7.12. The van der Waals surface area contributed by atoms with E-state index in [2.05, 4.69) is 26.9 Å². The molecule has 6 unspecified atom stereocenters. The summed E-state index contributed by atoms with van der Waals surface area (Å²) in [5, 5.41) is 4.25. The van der Waals surface area contributed by atoms with E-state index in [1.165, 1.54) is 13.3 Å². The molecule has 2 bridgehead atoms. The summed E-state index contributed by atoms with van der Waals surface area (Å²) in [5.74, 6) is -0.451. The van der Waals surface area contributed by atoms with Crippen molar-refractivity contribution in [2.45, 2.75) is 108 Å². The van der Waals surface area contributed by atoms with Gasteiger partial charge in [0.15, 0.2) is 5.69 Å². The Kier molecular flexibility index (Phi) is 7.05. The number of ether oxygens (including phenoxy) is 2. The van der Waals surface area contributed by atoms with Crippen LogP contribution in [0.2, 0.25) is 0 Å². The zero-order chi connectivity index (χ0) is 27.3. The maximum absolute atomic E-state index is 13.9. The van der Waals surface area contributed by atoms with E-state index in [0.29, 0.717) is 24.5 Å². The van der Waals surface area contributed by atoms with Crippen LogP contribution in [-0.2, 0) is 16.1 Å². The number of carbonyl (C=O) groups excluding carboxylic acids is 1. The summed E-state index contributed by atoms with van der Waals surface area (Å²) < 4.78 is 58.7. The predicted octanol–water partition coefficient (Wildman–Crippen LogP) is 5.93. The van der Waals surface area contributed by atoms with Gasteiger partial charge < -0.3 is 18.9 Å². The zero-order valence-corrected chi connectivity index (χ0v) is 22.3. The number of piperidine rings is 1. The number of anilines is 1. The highest BCUT2D eigenvalue weighted by Crippen LogP contribution is 2.50. The van der Waals surface area contributed by atoms with Crippen molar-refractivity contribution in [1.29, 1.82) is 0 Å². The summed E-state index contributed by atoms with van der Waals surface area (Å²) in [6.07, 6.45) is 5.29. The van der Waals surface area contributed by atoms with Crippen LogP contribution in [0.25, 0.3) is 0 Å². The van der Waals surface area contributed by atoms with Crippen LogP contribution in [0.4, 0.5) is 19.0 Å². The summed E-state index contributed by atoms with van der Waals surface area (Å²) in [6, 6.07) is 0.407. The molecule has 0 amide bonds. The molecule has 4 aliphatic rings. The van der Waals surface area contributed by atoms with E-state index in [-0.39, 0.29) is 42.8 Å². The second kappa shape index (κ2) is 10.4. The van der Waals surface area contributed by atoms with Gasteiger partial charge in [-0.1, -0.05) is 24.9 Å². The van der Waals surface area contributed by atoms with Crippen molar-refractivity contribution in [3.05, 3.63) is 35.1 Å². The molecule has 6 atom stereocenters. The first kappa shape index (κ1) is 26.5. The Bertz CT molecular complexity index is 1180. The topological polar surface area (TPSA) is 90.6 Å². The van der Waals surface area contributed by atoms with Gasteiger partial charge in [-0.3, -0.25) is 0 Å². The van der Waals surface area contributed by atoms with Gasteiger partial charge in [0, 0.05) is 29.5 Å². The van der Waals surface area contributed by atoms with Gasteiger partial charge in [0.2, 0.25) is 0 Å². The molecule has 4 heterocycles. The van der Waals surface area contributed by atoms with E-state index < -0.39 is 24.0 Å². The molecular weight excluding hydrogens is 513 g/mol. The van der Waals surface area contributed by atoms with Crippen LogP contribution in [-0.4, -0.2) is 52.6 Å². The minimum Gasteiger partial charge on any atom is -0.464 e. The second-order valence-corrected chi connectivity index (χ2v) is 11.7. The quantitative estimate of drug-likeness (QED) is 0.394. The van der Waals surface area contributed by atoms with E-state index in [9.17, 15) is 18.0 Å². The first-order valence-electron chi connectivity index (χ1n) is 14.1. The van der Waals surface area contributed by atoms with E-state index in [4.69, 9.17) is 14.0 Å². The van der Waals surface area contributed by atoms with Crippen molar-refractivity contribution in [1.82, 2.24) is 15.1 Å². The summed E-state index contributed by atoms with van der Waals surface area (Å²) in [4.78, 5) is 22.8. The molecule has 2 aliphatic carbocycles. The predicted molar refractivity (Wildman–Crippen MR) is 134 cm³/mol. The molecule has 11 heteroatoms. The van der Waals surface area contributed by atoms with Crippen molar-refractivity contribution in [2.24, 2.45) is 11.8 Å². The molecule has 2 aromatic rings. The van der Waals surface area contributed by atoms with Crippen LogP contribution in [0.3, 0.4) is 0 Å². The highest BCUT2D eigenvalue weighted by molar-refractivity contribution is 5.86. The first-order valence-corrected chi connectivity index (χ1v) is 14.1. The Balaban J connectivity index is 1.17. The van der Waals surface area contributed by atoms with Crippen LogP contribution >= 0.6 is 0 Å². The molecule has 0 spiro atoms. The lowest BCUT2D eigenvalue weighted by Gasteiger charge is -2.40. The minimum atomic E-state index is -4.25. The number of alkyl halides is 3. The standard InChI is InChI=1S/C28H35F3N4O4/c1-15-9-17-10-18(11-23(15)35(17)24-13-32-22(12-33-24)27(36)37-2)38-14-20-25(34-39-26(20)16-7-8-16)19-5-3-4-6-21(19)28(29,30)31/h12-13,15-19,21,23H,3-11,14H2,1-2H3. The summed E-state index contributed by atoms with van der Waals surface area (Å²) in [5.41, 5.74) is 1.39.